The zero-order valence-corrected chi connectivity index (χ0v) is 6.82. The van der Waals surface area contributed by atoms with Gasteiger partial charge in [0.15, 0.2) is 0 Å². The fraction of sp³-hybridized carbons (Fsp3) is 0.833. The fourth-order valence-electron chi connectivity index (χ4n) is 0.476. The number of alkyl halides is 4. The van der Waals surface area contributed by atoms with Gasteiger partial charge in [0.25, 0.3) is 0 Å². The molecule has 3 nitrogen and oxygen atoms in total. The summed E-state index contributed by atoms with van der Waals surface area (Å²) in [7, 11) is 1.19. The molecule has 1 amide bonds. The Hall–Kier alpha value is -0.850. The lowest BCUT2D eigenvalue weighted by molar-refractivity contribution is -0.138. The minimum Gasteiger partial charge on any atom is -0.375 e. The molecular formula is C6H9F4NO2. The first-order valence-electron chi connectivity index (χ1n) is 3.31. The summed E-state index contributed by atoms with van der Waals surface area (Å²) >= 11 is 0. The van der Waals surface area contributed by atoms with E-state index in [4.69, 9.17) is 0 Å². The molecule has 0 unspecified atom stereocenters. The fourth-order valence-corrected chi connectivity index (χ4v) is 0.476. The number of rotatable bonds is 5. The first-order valence-corrected chi connectivity index (χ1v) is 3.31. The maximum absolute atomic E-state index is 12.1. The van der Waals surface area contributed by atoms with Crippen LogP contribution in [0, 0.1) is 0 Å². The normalized spacial score (nSPS) is 11.8. The summed E-state index contributed by atoms with van der Waals surface area (Å²) in [5.74, 6) is -5.05. The topological polar surface area (TPSA) is 38.3 Å². The third-order valence-electron chi connectivity index (χ3n) is 1.12. The maximum atomic E-state index is 12.1. The highest BCUT2D eigenvalue weighted by atomic mass is 19.3. The quantitative estimate of drug-likeness (QED) is 0.666. The third-order valence-corrected chi connectivity index (χ3v) is 1.12. The average Bonchev–Trinajstić information content (AvgIpc) is 2.01. The van der Waals surface area contributed by atoms with E-state index in [0.717, 1.165) is 0 Å². The van der Waals surface area contributed by atoms with Gasteiger partial charge in [-0.1, -0.05) is 0 Å². The molecule has 0 aromatic heterocycles. The van der Waals surface area contributed by atoms with Crippen LogP contribution >= 0.6 is 0 Å². The molecule has 7 heteroatoms. The van der Waals surface area contributed by atoms with Crippen LogP contribution < -0.4 is 5.32 Å². The van der Waals surface area contributed by atoms with Gasteiger partial charge in [0.05, 0.1) is 6.54 Å². The maximum Gasteiger partial charge on any atom is 0.324 e. The van der Waals surface area contributed by atoms with Crippen molar-refractivity contribution >= 4 is 5.91 Å². The molecule has 13 heavy (non-hydrogen) atoms. The SMILES string of the molecule is COCC(=O)NCC(F)(F)C(F)F. The minimum atomic E-state index is -4.19. The van der Waals surface area contributed by atoms with Gasteiger partial charge in [0, 0.05) is 7.11 Å². The van der Waals surface area contributed by atoms with Crippen molar-refractivity contribution in [3.05, 3.63) is 0 Å². The summed E-state index contributed by atoms with van der Waals surface area (Å²) in [4.78, 5) is 10.5. The number of carbonyl (C=O) groups excluding carboxylic acids is 1. The Morgan fingerprint density at radius 3 is 2.46 bits per heavy atom. The molecule has 0 heterocycles. The van der Waals surface area contributed by atoms with Crippen molar-refractivity contribution in [1.82, 2.24) is 5.32 Å². The molecule has 1 N–H and O–H groups in total. The molecule has 0 bridgehead atoms. The predicted octanol–water partition coefficient (Wildman–Crippen LogP) is 0.649. The number of halogens is 4. The molecule has 0 saturated heterocycles. The second-order valence-electron chi connectivity index (χ2n) is 2.27. The highest BCUT2D eigenvalue weighted by Gasteiger charge is 2.40. The van der Waals surface area contributed by atoms with E-state index in [-0.39, 0.29) is 0 Å². The van der Waals surface area contributed by atoms with E-state index in [1.807, 2.05) is 0 Å². The van der Waals surface area contributed by atoms with Gasteiger partial charge in [-0.2, -0.15) is 8.78 Å². The first kappa shape index (κ1) is 12.2. The van der Waals surface area contributed by atoms with E-state index in [2.05, 4.69) is 4.74 Å². The number of carbonyl (C=O) groups is 1. The molecule has 0 aromatic carbocycles. The lowest BCUT2D eigenvalue weighted by atomic mass is 10.3. The zero-order valence-electron chi connectivity index (χ0n) is 6.82. The number of ether oxygens (including phenoxy) is 1. The van der Waals surface area contributed by atoms with Crippen molar-refractivity contribution in [2.75, 3.05) is 20.3 Å². The van der Waals surface area contributed by atoms with Crippen molar-refractivity contribution in [1.29, 1.82) is 0 Å². The Labute approximate surface area is 72.1 Å². The van der Waals surface area contributed by atoms with Gasteiger partial charge in [-0.15, -0.1) is 0 Å². The minimum absolute atomic E-state index is 0.431. The summed E-state index contributed by atoms with van der Waals surface area (Å²) in [5.41, 5.74) is 0. The number of hydrogen-bond acceptors (Lipinski definition) is 2. The van der Waals surface area contributed by atoms with Gasteiger partial charge in [0.2, 0.25) is 5.91 Å². The number of amides is 1. The van der Waals surface area contributed by atoms with Crippen molar-refractivity contribution in [3.63, 3.8) is 0 Å². The second-order valence-corrected chi connectivity index (χ2v) is 2.27. The van der Waals surface area contributed by atoms with E-state index >= 15 is 0 Å². The van der Waals surface area contributed by atoms with Crippen LogP contribution in [0.2, 0.25) is 0 Å². The van der Waals surface area contributed by atoms with Crippen LogP contribution in [-0.4, -0.2) is 38.5 Å². The van der Waals surface area contributed by atoms with Crippen molar-refractivity contribution in [2.45, 2.75) is 12.3 Å². The smallest absolute Gasteiger partial charge is 0.324 e. The standard InChI is InChI=1S/C6H9F4NO2/c1-13-2-4(12)11-3-6(9,10)5(7)8/h5H,2-3H2,1H3,(H,11,12). The van der Waals surface area contributed by atoms with Crippen LogP contribution in [0.25, 0.3) is 0 Å². The first-order chi connectivity index (χ1) is 5.90. The predicted molar refractivity (Wildman–Crippen MR) is 35.8 cm³/mol. The van der Waals surface area contributed by atoms with Gasteiger partial charge in [-0.05, 0) is 0 Å². The van der Waals surface area contributed by atoms with Gasteiger partial charge < -0.3 is 10.1 Å². The van der Waals surface area contributed by atoms with Crippen molar-refractivity contribution in [3.8, 4) is 0 Å². The molecule has 0 saturated carbocycles. The Kier molecular flexibility index (Phi) is 4.68. The van der Waals surface area contributed by atoms with Gasteiger partial charge in [0.1, 0.15) is 6.61 Å². The molecule has 0 aromatic rings. The lowest BCUT2D eigenvalue weighted by Gasteiger charge is -2.15. The van der Waals surface area contributed by atoms with Gasteiger partial charge in [-0.25, -0.2) is 8.78 Å². The van der Waals surface area contributed by atoms with E-state index in [9.17, 15) is 22.4 Å². The van der Waals surface area contributed by atoms with E-state index in [1.165, 1.54) is 7.11 Å². The van der Waals surface area contributed by atoms with Gasteiger partial charge in [-0.3, -0.25) is 4.79 Å². The molecule has 0 aliphatic carbocycles. The molecule has 0 aliphatic rings. The molecule has 0 rings (SSSR count). The number of nitrogens with one attached hydrogen (secondary N) is 1. The highest BCUT2D eigenvalue weighted by molar-refractivity contribution is 5.77. The molecule has 78 valence electrons. The Balaban J connectivity index is 3.81. The summed E-state index contributed by atoms with van der Waals surface area (Å²) in [6.45, 7) is -1.81. The molecule has 0 fully saturated rings. The summed E-state index contributed by atoms with van der Waals surface area (Å²) in [5, 5.41) is 1.61. The highest BCUT2D eigenvalue weighted by Crippen LogP contribution is 2.21. The Morgan fingerprint density at radius 2 is 2.08 bits per heavy atom. The summed E-state index contributed by atoms with van der Waals surface area (Å²) in [6.07, 6.45) is -3.78. The van der Waals surface area contributed by atoms with Crippen LogP contribution in [0.3, 0.4) is 0 Å². The number of methoxy groups -OCH3 is 1. The van der Waals surface area contributed by atoms with E-state index in [0.29, 0.717) is 0 Å². The summed E-state index contributed by atoms with van der Waals surface area (Å²) < 4.78 is 51.6. The monoisotopic (exact) mass is 203 g/mol. The van der Waals surface area contributed by atoms with Crippen LogP contribution in [-0.2, 0) is 9.53 Å². The Bertz CT molecular complexity index is 174. The van der Waals surface area contributed by atoms with E-state index in [1.54, 1.807) is 5.32 Å². The van der Waals surface area contributed by atoms with Gasteiger partial charge >= 0.3 is 12.3 Å². The van der Waals surface area contributed by atoms with Crippen LogP contribution in [0.4, 0.5) is 17.6 Å². The van der Waals surface area contributed by atoms with Crippen LogP contribution in [0.5, 0.6) is 0 Å². The summed E-state index contributed by atoms with van der Waals surface area (Å²) in [6, 6.07) is 0. The molecule has 0 atom stereocenters. The molecule has 0 spiro atoms. The average molecular weight is 203 g/mol. The second kappa shape index (κ2) is 5.00. The zero-order chi connectivity index (χ0) is 10.5. The number of hydrogen-bond donors (Lipinski definition) is 1. The molecular weight excluding hydrogens is 194 g/mol. The molecule has 0 radical (unpaired) electrons. The Morgan fingerprint density at radius 1 is 1.54 bits per heavy atom. The van der Waals surface area contributed by atoms with Crippen molar-refractivity contribution in [2.24, 2.45) is 0 Å². The van der Waals surface area contributed by atoms with Crippen LogP contribution in [0.15, 0.2) is 0 Å². The third kappa shape index (κ3) is 4.66. The van der Waals surface area contributed by atoms with Crippen molar-refractivity contribution < 1.29 is 27.1 Å². The van der Waals surface area contributed by atoms with E-state index < -0.39 is 31.4 Å². The lowest BCUT2D eigenvalue weighted by Crippen LogP contribution is -2.42. The largest absolute Gasteiger partial charge is 0.375 e. The van der Waals surface area contributed by atoms with Crippen LogP contribution in [0.1, 0.15) is 0 Å². The molecule has 0 aliphatic heterocycles.